The van der Waals surface area contributed by atoms with Gasteiger partial charge in [-0.1, -0.05) is 70.2 Å². The van der Waals surface area contributed by atoms with E-state index in [1.165, 1.54) is 42.7 Å². The van der Waals surface area contributed by atoms with Crippen LogP contribution in [-0.4, -0.2) is 109 Å². The number of carbonyl (C=O) groups is 4. The van der Waals surface area contributed by atoms with Crippen molar-refractivity contribution in [1.82, 2.24) is 19.4 Å². The molecule has 0 aliphatic carbocycles. The number of Topliss-reactive ketones (excluding diaryl/α,β-unsaturated/α-hetero) is 2. The van der Waals surface area contributed by atoms with Gasteiger partial charge in [0.15, 0.2) is 21.4 Å². The Labute approximate surface area is 442 Å². The molecule has 1 aliphatic heterocycles. The van der Waals surface area contributed by atoms with Crippen LogP contribution in [0.5, 0.6) is 17.2 Å². The number of ether oxygens (including phenoxy) is 4. The van der Waals surface area contributed by atoms with E-state index >= 15 is 0 Å². The molecule has 6 aromatic rings. The van der Waals surface area contributed by atoms with E-state index < -0.39 is 51.0 Å². The van der Waals surface area contributed by atoms with Crippen molar-refractivity contribution in [2.75, 3.05) is 39.6 Å². The molecule has 0 unspecified atom stereocenters. The molecular weight excluding hydrogens is 997 g/mol. The molecule has 0 radical (unpaired) electrons. The van der Waals surface area contributed by atoms with Crippen LogP contribution in [0.15, 0.2) is 106 Å². The van der Waals surface area contributed by atoms with Crippen LogP contribution in [-0.2, 0) is 60.0 Å². The van der Waals surface area contributed by atoms with E-state index in [2.05, 4.69) is 35.8 Å². The third kappa shape index (κ3) is 14.3. The number of nitrogens with one attached hydrogen (secondary N) is 1. The van der Waals surface area contributed by atoms with Crippen LogP contribution in [0.4, 0.5) is 0 Å². The monoisotopic (exact) mass is 1060 g/mol. The lowest BCUT2D eigenvalue weighted by Gasteiger charge is -2.35. The number of sulfone groups is 1. The smallest absolute Gasteiger partial charge is 0.328 e. The molecule has 3 heterocycles. The first-order valence-corrected chi connectivity index (χ1v) is 27.8. The summed E-state index contributed by atoms with van der Waals surface area (Å²) in [6, 6.07) is 24.6. The summed E-state index contributed by atoms with van der Waals surface area (Å²) in [6.45, 7) is 10.0. The topological polar surface area (TPSA) is 202 Å². The van der Waals surface area contributed by atoms with Crippen molar-refractivity contribution < 1.29 is 51.6 Å². The van der Waals surface area contributed by atoms with Crippen molar-refractivity contribution in [2.24, 2.45) is 19.5 Å². The second-order valence-corrected chi connectivity index (χ2v) is 23.0. The summed E-state index contributed by atoms with van der Waals surface area (Å²) in [4.78, 5) is 69.5. The number of thiophene rings is 1. The molecule has 2 N–H and O–H groups in total. The van der Waals surface area contributed by atoms with Crippen LogP contribution >= 0.6 is 11.3 Å². The van der Waals surface area contributed by atoms with Gasteiger partial charge in [0.25, 0.3) is 0 Å². The summed E-state index contributed by atoms with van der Waals surface area (Å²) >= 11 is 1.68. The zero-order valence-electron chi connectivity index (χ0n) is 43.8. The Kier molecular flexibility index (Phi) is 18.7. The number of benzene rings is 4. The van der Waals surface area contributed by atoms with E-state index in [1.807, 2.05) is 39.8 Å². The Morgan fingerprint density at radius 3 is 2.27 bits per heavy atom. The summed E-state index contributed by atoms with van der Waals surface area (Å²) in [6.07, 6.45) is 1.19. The molecule has 1 saturated heterocycles. The number of rotatable bonds is 25. The van der Waals surface area contributed by atoms with Gasteiger partial charge in [0.05, 0.1) is 53.6 Å². The number of hydrogen-bond donors (Lipinski definition) is 2. The molecule has 7 rings (SSSR count). The van der Waals surface area contributed by atoms with Crippen molar-refractivity contribution >= 4 is 55.6 Å². The number of nitrogens with zero attached hydrogens (tertiary/aromatic N) is 3. The number of β-amino-alcohol motifs (C(OH)–C–C–N with tert-alkyl or cyclic N) is 1. The largest absolute Gasteiger partial charge is 0.493 e. The van der Waals surface area contributed by atoms with Crippen molar-refractivity contribution in [3.8, 4) is 27.7 Å². The highest BCUT2D eigenvalue weighted by atomic mass is 32.2. The van der Waals surface area contributed by atoms with Gasteiger partial charge in [-0.2, -0.15) is 0 Å². The first kappa shape index (κ1) is 56.3. The number of carbonyl (C=O) groups excluding carboxylic acids is 4. The third-order valence-corrected chi connectivity index (χ3v) is 15.9. The van der Waals surface area contributed by atoms with Gasteiger partial charge in [0.2, 0.25) is 11.8 Å². The van der Waals surface area contributed by atoms with Gasteiger partial charge in [0, 0.05) is 74.6 Å². The quantitative estimate of drug-likeness (QED) is 0.0412. The predicted octanol–water partition coefficient (Wildman–Crippen LogP) is 8.16. The molecule has 400 valence electrons. The van der Waals surface area contributed by atoms with Crippen LogP contribution in [0.2, 0.25) is 0 Å². The number of hydrogen-bond acceptors (Lipinski definition) is 13. The highest BCUT2D eigenvalue weighted by molar-refractivity contribution is 7.90. The molecule has 2 aromatic heterocycles. The summed E-state index contributed by atoms with van der Waals surface area (Å²) in [5, 5.41) is 15.5. The molecule has 4 aromatic carbocycles. The Balaban J connectivity index is 0.860. The van der Waals surface area contributed by atoms with E-state index in [9.17, 15) is 37.5 Å². The predicted molar refractivity (Wildman–Crippen MR) is 288 cm³/mol. The Bertz CT molecular complexity index is 3170. The van der Waals surface area contributed by atoms with E-state index in [0.29, 0.717) is 47.5 Å². The van der Waals surface area contributed by atoms with E-state index in [1.54, 1.807) is 67.9 Å². The summed E-state index contributed by atoms with van der Waals surface area (Å²) in [5.41, 5.74) is 3.95. The lowest BCUT2D eigenvalue weighted by atomic mass is 9.85. The van der Waals surface area contributed by atoms with Gasteiger partial charge >= 0.3 is 5.69 Å². The minimum absolute atomic E-state index is 0.0114. The normalized spacial score (nSPS) is 15.3. The SMILES string of the molecule is CCCOc1cccc(Oc2cc3c(cc2CS(=O)(=O)c2cccc(C(=O)CCCOCCOCC(=O)N[C@H](C(=O)N4C[C@H](O)C[C@H]4C(=O)CCc4ccc(-c5sccc5C)cc4)C(C)(C)C)c2)n(C)c(=O)n3C)c1. The standard InChI is InChI=1S/C57H68N4O12S2/c1-8-24-72-43-13-10-14-44(32-43)73-51-33-47-46(59(6)56(67)60(47)7)30-41(51)36-75(68,69)45-15-9-12-40(29-45)49(63)16-11-25-70-26-27-71-35-52(65)58-54(57(3,4)5)55(66)61-34-42(62)31-48(61)50(64)22-19-38-17-20-39(21-18-38)53-37(2)23-28-74-53/h9-10,12-15,17-18,20-21,23,28-30,32-33,42,48,54,62H,8,11,16,19,22,24-27,31,34-36H2,1-7H3,(H,58,65)/t42-,48+,54-/m1/s1. The third-order valence-electron chi connectivity index (χ3n) is 13.2. The van der Waals surface area contributed by atoms with Gasteiger partial charge in [-0.15, -0.1) is 11.3 Å². The maximum atomic E-state index is 14.1. The lowest BCUT2D eigenvalue weighted by molar-refractivity contribution is -0.144. The molecule has 0 spiro atoms. The highest BCUT2D eigenvalue weighted by Crippen LogP contribution is 2.35. The first-order valence-electron chi connectivity index (χ1n) is 25.3. The van der Waals surface area contributed by atoms with Crippen LogP contribution in [0.3, 0.4) is 0 Å². The van der Waals surface area contributed by atoms with Gasteiger partial charge in [-0.25, -0.2) is 13.2 Å². The number of aromatic nitrogens is 2. The van der Waals surface area contributed by atoms with Gasteiger partial charge in [0.1, 0.15) is 29.9 Å². The number of likely N-dealkylation sites (tertiary alicyclic amines) is 1. The number of ketones is 2. The molecule has 3 atom stereocenters. The average Bonchev–Trinajstić information content (AvgIpc) is 4.06. The Morgan fingerprint density at radius 1 is 0.853 bits per heavy atom. The molecule has 1 fully saturated rings. The number of aryl methyl sites for hydroxylation is 4. The van der Waals surface area contributed by atoms with Crippen LogP contribution < -0.4 is 20.5 Å². The zero-order chi connectivity index (χ0) is 54.0. The Morgan fingerprint density at radius 2 is 1.56 bits per heavy atom. The molecule has 2 amide bonds. The molecule has 18 heteroatoms. The van der Waals surface area contributed by atoms with Gasteiger partial charge in [-0.3, -0.25) is 28.3 Å². The summed E-state index contributed by atoms with van der Waals surface area (Å²) in [7, 11) is -0.793. The maximum absolute atomic E-state index is 14.1. The Hall–Kier alpha value is -6.44. The second kappa shape index (κ2) is 24.9. The lowest BCUT2D eigenvalue weighted by Crippen LogP contribution is -2.57. The number of fused-ring (bicyclic) bond motifs is 1. The number of imidazole rings is 1. The second-order valence-electron chi connectivity index (χ2n) is 20.1. The molecule has 1 aliphatic rings. The van der Waals surface area contributed by atoms with Crippen LogP contribution in [0, 0.1) is 12.3 Å². The number of aliphatic hydroxyl groups is 1. The van der Waals surface area contributed by atoms with E-state index in [4.69, 9.17) is 18.9 Å². The van der Waals surface area contributed by atoms with Crippen LogP contribution in [0.25, 0.3) is 21.5 Å². The van der Waals surface area contributed by atoms with Gasteiger partial charge < -0.3 is 34.3 Å². The number of amides is 2. The zero-order valence-corrected chi connectivity index (χ0v) is 45.4. The van der Waals surface area contributed by atoms with E-state index in [0.717, 1.165) is 17.5 Å². The number of aliphatic hydroxyl groups excluding tert-OH is 1. The molecule has 0 saturated carbocycles. The first-order chi connectivity index (χ1) is 35.7. The maximum Gasteiger partial charge on any atom is 0.328 e. The van der Waals surface area contributed by atoms with Gasteiger partial charge in [-0.05, 0) is 90.1 Å². The van der Waals surface area contributed by atoms with Crippen molar-refractivity contribution in [2.45, 2.75) is 102 Å². The minimum atomic E-state index is -4.04. The summed E-state index contributed by atoms with van der Waals surface area (Å²) < 4.78 is 54.3. The van der Waals surface area contributed by atoms with Crippen LogP contribution in [0.1, 0.15) is 86.8 Å². The molecule has 16 nitrogen and oxygen atoms in total. The molecule has 0 bridgehead atoms. The van der Waals surface area contributed by atoms with Crippen molar-refractivity contribution in [3.05, 3.63) is 129 Å². The fourth-order valence-electron chi connectivity index (χ4n) is 9.07. The average molecular weight is 1070 g/mol. The van der Waals surface area contributed by atoms with Crippen molar-refractivity contribution in [1.29, 1.82) is 0 Å². The highest BCUT2D eigenvalue weighted by Gasteiger charge is 2.44. The fraction of sp³-hybridized carbons (Fsp3) is 0.421. The molecule has 75 heavy (non-hydrogen) atoms. The van der Waals surface area contributed by atoms with Crippen molar-refractivity contribution in [3.63, 3.8) is 0 Å². The summed E-state index contributed by atoms with van der Waals surface area (Å²) in [5.74, 6) is -0.595. The van der Waals surface area contributed by atoms with E-state index in [-0.39, 0.29) is 85.7 Å². The minimum Gasteiger partial charge on any atom is -0.493 e. The fourth-order valence-corrected chi connectivity index (χ4v) is 11.4. The molecular formula is C57H68N4O12S2.